The van der Waals surface area contributed by atoms with Crippen molar-refractivity contribution in [3.8, 4) is 11.8 Å². The first-order chi connectivity index (χ1) is 8.36. The molecule has 0 saturated carbocycles. The third kappa shape index (κ3) is 3.90. The van der Waals surface area contributed by atoms with Gasteiger partial charge in [0.2, 0.25) is 0 Å². The molecular weight excluding hydrogens is 274 g/mol. The molecule has 4 nitrogen and oxygen atoms in total. The molecule has 0 N–H and O–H groups in total. The van der Waals surface area contributed by atoms with Crippen LogP contribution in [-0.4, -0.2) is 26.0 Å². The summed E-state index contributed by atoms with van der Waals surface area (Å²) in [5.41, 5.74) is 0.360. The van der Waals surface area contributed by atoms with Crippen molar-refractivity contribution in [2.75, 3.05) is 12.4 Å². The van der Waals surface area contributed by atoms with Crippen LogP contribution in [0.4, 0.5) is 0 Å². The smallest absolute Gasteiger partial charge is 0.155 e. The van der Waals surface area contributed by atoms with Gasteiger partial charge in [0.25, 0.3) is 0 Å². The number of halogens is 1. The number of benzene rings is 1. The summed E-state index contributed by atoms with van der Waals surface area (Å²) in [6, 6.07) is 6.56. The van der Waals surface area contributed by atoms with Crippen LogP contribution < -0.4 is 4.74 Å². The average Bonchev–Trinajstić information content (AvgIpc) is 2.29. The summed E-state index contributed by atoms with van der Waals surface area (Å²) >= 11 is 5.83. The predicted molar refractivity (Wildman–Crippen MR) is 70.6 cm³/mol. The average molecular weight is 288 g/mol. The van der Waals surface area contributed by atoms with Crippen molar-refractivity contribution < 1.29 is 13.2 Å². The second-order valence-corrected chi connectivity index (χ2v) is 7.10. The summed E-state index contributed by atoms with van der Waals surface area (Å²) in [6.45, 7) is 3.34. The number of ether oxygens (including phenoxy) is 1. The van der Waals surface area contributed by atoms with Crippen molar-refractivity contribution in [1.82, 2.24) is 0 Å². The van der Waals surface area contributed by atoms with Gasteiger partial charge in [-0.1, -0.05) is 11.6 Å². The van der Waals surface area contributed by atoms with Crippen LogP contribution in [0.2, 0.25) is 5.02 Å². The number of hydrogen-bond acceptors (Lipinski definition) is 4. The highest BCUT2D eigenvalue weighted by atomic mass is 35.5. The Morgan fingerprint density at radius 3 is 2.61 bits per heavy atom. The molecule has 6 heteroatoms. The van der Waals surface area contributed by atoms with Crippen molar-refractivity contribution in [1.29, 1.82) is 5.26 Å². The lowest BCUT2D eigenvalue weighted by atomic mass is 10.2. The summed E-state index contributed by atoms with van der Waals surface area (Å²) in [7, 11) is -3.10. The Balaban J connectivity index is 2.61. The van der Waals surface area contributed by atoms with Crippen LogP contribution in [-0.2, 0) is 9.84 Å². The van der Waals surface area contributed by atoms with E-state index in [1.165, 1.54) is 12.1 Å². The maximum Gasteiger partial charge on any atom is 0.155 e. The Morgan fingerprint density at radius 1 is 1.44 bits per heavy atom. The van der Waals surface area contributed by atoms with E-state index in [-0.39, 0.29) is 12.4 Å². The molecule has 1 rings (SSSR count). The topological polar surface area (TPSA) is 67.2 Å². The third-order valence-electron chi connectivity index (χ3n) is 2.42. The van der Waals surface area contributed by atoms with Gasteiger partial charge in [0.15, 0.2) is 9.84 Å². The Hall–Kier alpha value is -1.25. The van der Waals surface area contributed by atoms with Crippen LogP contribution in [0.5, 0.6) is 5.75 Å². The molecule has 0 atom stereocenters. The van der Waals surface area contributed by atoms with Gasteiger partial charge in [-0.05, 0) is 26.0 Å². The standard InChI is InChI=1S/C12H14ClNO3S/c1-9(2)18(15,16)6-5-17-11-4-3-10(8-14)12(13)7-11/h3-4,7,9H,5-6H2,1-2H3. The van der Waals surface area contributed by atoms with Crippen LogP contribution in [0.15, 0.2) is 18.2 Å². The Morgan fingerprint density at radius 2 is 2.11 bits per heavy atom. The molecule has 0 saturated heterocycles. The number of nitrogens with zero attached hydrogens (tertiary/aromatic N) is 1. The Kier molecular flexibility index (Phi) is 5.00. The van der Waals surface area contributed by atoms with Gasteiger partial charge in [0, 0.05) is 6.07 Å². The minimum absolute atomic E-state index is 0.0394. The van der Waals surface area contributed by atoms with Crippen molar-refractivity contribution in [2.45, 2.75) is 19.1 Å². The van der Waals surface area contributed by atoms with E-state index in [0.717, 1.165) is 0 Å². The Bertz CT molecular complexity index is 561. The van der Waals surface area contributed by atoms with Gasteiger partial charge in [-0.25, -0.2) is 8.42 Å². The quantitative estimate of drug-likeness (QED) is 0.834. The maximum atomic E-state index is 11.5. The van der Waals surface area contributed by atoms with Gasteiger partial charge >= 0.3 is 0 Å². The summed E-state index contributed by atoms with van der Waals surface area (Å²) in [5, 5.41) is 8.58. The number of nitriles is 1. The van der Waals surface area contributed by atoms with Gasteiger partial charge in [-0.3, -0.25) is 0 Å². The van der Waals surface area contributed by atoms with E-state index in [9.17, 15) is 8.42 Å². The highest BCUT2D eigenvalue weighted by Crippen LogP contribution is 2.21. The third-order valence-corrected chi connectivity index (χ3v) is 4.90. The molecule has 0 unspecified atom stereocenters. The van der Waals surface area contributed by atoms with Crippen LogP contribution in [0.3, 0.4) is 0 Å². The molecule has 1 aromatic rings. The summed E-state index contributed by atoms with van der Waals surface area (Å²) < 4.78 is 28.4. The van der Waals surface area contributed by atoms with E-state index in [4.69, 9.17) is 21.6 Å². The van der Waals surface area contributed by atoms with Crippen molar-refractivity contribution in [2.24, 2.45) is 0 Å². The second kappa shape index (κ2) is 6.07. The van der Waals surface area contributed by atoms with E-state index in [1.54, 1.807) is 19.9 Å². The van der Waals surface area contributed by atoms with Crippen molar-refractivity contribution >= 4 is 21.4 Å². The predicted octanol–water partition coefficient (Wildman–Crippen LogP) is 2.41. The molecule has 0 fully saturated rings. The zero-order chi connectivity index (χ0) is 13.8. The van der Waals surface area contributed by atoms with Crippen LogP contribution in [0, 0.1) is 11.3 Å². The minimum Gasteiger partial charge on any atom is -0.492 e. The fraction of sp³-hybridized carbons (Fsp3) is 0.417. The molecule has 0 spiro atoms. The SMILES string of the molecule is CC(C)S(=O)(=O)CCOc1ccc(C#N)c(Cl)c1. The van der Waals surface area contributed by atoms with Gasteiger partial charge in [-0.15, -0.1) is 0 Å². The summed E-state index contributed by atoms with van der Waals surface area (Å²) in [6.07, 6.45) is 0. The zero-order valence-corrected chi connectivity index (χ0v) is 11.8. The first kappa shape index (κ1) is 14.8. The van der Waals surface area contributed by atoms with Gasteiger partial charge in [-0.2, -0.15) is 5.26 Å². The summed E-state index contributed by atoms with van der Waals surface area (Å²) in [4.78, 5) is 0. The molecule has 98 valence electrons. The first-order valence-electron chi connectivity index (χ1n) is 5.41. The van der Waals surface area contributed by atoms with Crippen LogP contribution >= 0.6 is 11.6 Å². The lowest BCUT2D eigenvalue weighted by molar-refractivity contribution is 0.340. The van der Waals surface area contributed by atoms with E-state index >= 15 is 0 Å². The van der Waals surface area contributed by atoms with Crippen LogP contribution in [0.1, 0.15) is 19.4 Å². The number of rotatable bonds is 5. The molecule has 0 aromatic heterocycles. The van der Waals surface area contributed by atoms with E-state index in [1.807, 2.05) is 6.07 Å². The van der Waals surface area contributed by atoms with E-state index in [0.29, 0.717) is 16.3 Å². The molecule has 0 bridgehead atoms. The molecular formula is C12H14ClNO3S. The van der Waals surface area contributed by atoms with Gasteiger partial charge < -0.3 is 4.74 Å². The molecule has 0 aliphatic carbocycles. The van der Waals surface area contributed by atoms with E-state index < -0.39 is 15.1 Å². The summed E-state index contributed by atoms with van der Waals surface area (Å²) in [5.74, 6) is 0.417. The van der Waals surface area contributed by atoms with Crippen molar-refractivity contribution in [3.63, 3.8) is 0 Å². The molecule has 0 radical (unpaired) electrons. The zero-order valence-electron chi connectivity index (χ0n) is 10.2. The molecule has 1 aromatic carbocycles. The van der Waals surface area contributed by atoms with Crippen LogP contribution in [0.25, 0.3) is 0 Å². The number of hydrogen-bond donors (Lipinski definition) is 0. The largest absolute Gasteiger partial charge is 0.492 e. The molecule has 0 heterocycles. The fourth-order valence-corrected chi connectivity index (χ4v) is 2.19. The molecule has 0 amide bonds. The highest BCUT2D eigenvalue weighted by Gasteiger charge is 2.15. The molecule has 0 aliphatic rings. The first-order valence-corrected chi connectivity index (χ1v) is 7.50. The van der Waals surface area contributed by atoms with E-state index in [2.05, 4.69) is 0 Å². The lowest BCUT2D eigenvalue weighted by Crippen LogP contribution is -2.22. The van der Waals surface area contributed by atoms with Crippen molar-refractivity contribution in [3.05, 3.63) is 28.8 Å². The lowest BCUT2D eigenvalue weighted by Gasteiger charge is -2.09. The maximum absolute atomic E-state index is 11.5. The second-order valence-electron chi connectivity index (χ2n) is 4.02. The molecule has 0 aliphatic heterocycles. The molecule has 18 heavy (non-hydrogen) atoms. The fourth-order valence-electron chi connectivity index (χ4n) is 1.19. The minimum atomic E-state index is -3.10. The number of sulfone groups is 1. The monoisotopic (exact) mass is 287 g/mol. The Labute approximate surface area is 112 Å². The normalized spacial score (nSPS) is 11.3. The highest BCUT2D eigenvalue weighted by molar-refractivity contribution is 7.91. The van der Waals surface area contributed by atoms with Gasteiger partial charge in [0.1, 0.15) is 18.4 Å². The van der Waals surface area contributed by atoms with Gasteiger partial charge in [0.05, 0.1) is 21.6 Å².